The van der Waals surface area contributed by atoms with Gasteiger partial charge in [0, 0.05) is 12.7 Å². The third kappa shape index (κ3) is 4.66. The monoisotopic (exact) mass is 395 g/mol. The van der Waals surface area contributed by atoms with Crippen LogP contribution < -0.4 is 5.32 Å². The molecule has 150 valence electrons. The average Bonchev–Trinajstić information content (AvgIpc) is 3.09. The van der Waals surface area contributed by atoms with Gasteiger partial charge in [0.25, 0.3) is 5.91 Å². The van der Waals surface area contributed by atoms with Crippen molar-refractivity contribution in [2.75, 3.05) is 18.9 Å². The third-order valence-corrected chi connectivity index (χ3v) is 4.43. The highest BCUT2D eigenvalue weighted by Crippen LogP contribution is 2.15. The van der Waals surface area contributed by atoms with E-state index in [4.69, 9.17) is 0 Å². The number of hydrogen-bond acceptors (Lipinski definition) is 4. The minimum atomic E-state index is -0.479. The molecule has 0 unspecified atom stereocenters. The van der Waals surface area contributed by atoms with Crippen LogP contribution in [0.4, 0.5) is 10.1 Å². The Balaban J connectivity index is 1.69. The second-order valence-electron chi connectivity index (χ2n) is 6.59. The number of para-hydroxylation sites is 1. The number of halogens is 1. The fourth-order valence-electron chi connectivity index (χ4n) is 2.91. The first-order chi connectivity index (χ1) is 13.9. The van der Waals surface area contributed by atoms with Crippen LogP contribution in [0.3, 0.4) is 0 Å². The lowest BCUT2D eigenvalue weighted by atomic mass is 10.1. The minimum Gasteiger partial charge on any atom is -0.330 e. The molecule has 1 aromatic heterocycles. The van der Waals surface area contributed by atoms with E-state index < -0.39 is 5.91 Å². The Labute approximate surface area is 168 Å². The van der Waals surface area contributed by atoms with Crippen LogP contribution in [0.15, 0.2) is 48.5 Å². The number of benzene rings is 2. The average molecular weight is 395 g/mol. The molecule has 0 aliphatic heterocycles. The molecule has 1 N–H and O–H groups in total. The zero-order valence-electron chi connectivity index (χ0n) is 16.5. The second-order valence-corrected chi connectivity index (χ2v) is 6.59. The quantitative estimate of drug-likeness (QED) is 0.696. The standard InChI is InChI=1S/C21H22FN5O2/c1-4-15-7-5-6-8-18(15)24-19(28)13-26(3)21(29)20-23-14(2)27(25-20)17-11-9-16(22)10-12-17/h5-12H,4,13H2,1-3H3,(H,24,28). The van der Waals surface area contributed by atoms with Crippen molar-refractivity contribution in [1.82, 2.24) is 19.7 Å². The van der Waals surface area contributed by atoms with E-state index in [0.29, 0.717) is 11.5 Å². The van der Waals surface area contributed by atoms with Gasteiger partial charge in [0.2, 0.25) is 11.7 Å². The Bertz CT molecular complexity index is 1030. The van der Waals surface area contributed by atoms with Crippen molar-refractivity contribution < 1.29 is 14.0 Å². The second kappa shape index (κ2) is 8.64. The molecule has 7 nitrogen and oxygen atoms in total. The van der Waals surface area contributed by atoms with Gasteiger partial charge in [-0.05, 0) is 49.2 Å². The van der Waals surface area contributed by atoms with Crippen molar-refractivity contribution in [3.8, 4) is 5.69 Å². The lowest BCUT2D eigenvalue weighted by Gasteiger charge is -2.16. The van der Waals surface area contributed by atoms with Crippen LogP contribution in [0.1, 0.15) is 28.9 Å². The summed E-state index contributed by atoms with van der Waals surface area (Å²) < 4.78 is 14.6. The summed E-state index contributed by atoms with van der Waals surface area (Å²) in [5.41, 5.74) is 2.34. The van der Waals surface area contributed by atoms with Crippen molar-refractivity contribution in [3.63, 3.8) is 0 Å². The molecule has 0 atom stereocenters. The zero-order chi connectivity index (χ0) is 21.0. The molecule has 0 saturated heterocycles. The van der Waals surface area contributed by atoms with E-state index in [0.717, 1.165) is 17.7 Å². The van der Waals surface area contributed by atoms with Gasteiger partial charge in [-0.25, -0.2) is 14.1 Å². The maximum absolute atomic E-state index is 13.1. The molecule has 3 rings (SSSR count). The maximum Gasteiger partial charge on any atom is 0.293 e. The fourth-order valence-corrected chi connectivity index (χ4v) is 2.91. The van der Waals surface area contributed by atoms with Gasteiger partial charge in [-0.15, -0.1) is 5.10 Å². The number of hydrogen-bond donors (Lipinski definition) is 1. The fraction of sp³-hybridized carbons (Fsp3) is 0.238. The molecular weight excluding hydrogens is 373 g/mol. The van der Waals surface area contributed by atoms with Crippen molar-refractivity contribution in [2.24, 2.45) is 0 Å². The Morgan fingerprint density at radius 1 is 1.14 bits per heavy atom. The summed E-state index contributed by atoms with van der Waals surface area (Å²) in [5.74, 6) is -0.701. The molecule has 0 saturated carbocycles. The third-order valence-electron chi connectivity index (χ3n) is 4.43. The van der Waals surface area contributed by atoms with Gasteiger partial charge in [0.15, 0.2) is 0 Å². The summed E-state index contributed by atoms with van der Waals surface area (Å²) in [7, 11) is 1.52. The molecule has 29 heavy (non-hydrogen) atoms. The number of carbonyl (C=O) groups excluding carboxylic acids is 2. The Hall–Kier alpha value is -3.55. The van der Waals surface area contributed by atoms with E-state index in [2.05, 4.69) is 15.4 Å². The number of aromatic nitrogens is 3. The largest absolute Gasteiger partial charge is 0.330 e. The molecule has 8 heteroatoms. The zero-order valence-corrected chi connectivity index (χ0v) is 16.5. The number of aryl methyl sites for hydroxylation is 2. The number of rotatable bonds is 6. The predicted molar refractivity (Wildman–Crippen MR) is 107 cm³/mol. The van der Waals surface area contributed by atoms with Crippen LogP contribution >= 0.6 is 0 Å². The van der Waals surface area contributed by atoms with E-state index in [9.17, 15) is 14.0 Å². The van der Waals surface area contributed by atoms with Crippen LogP contribution in [0.2, 0.25) is 0 Å². The normalized spacial score (nSPS) is 10.6. The van der Waals surface area contributed by atoms with E-state index in [1.54, 1.807) is 19.1 Å². The topological polar surface area (TPSA) is 80.1 Å². The van der Waals surface area contributed by atoms with E-state index in [-0.39, 0.29) is 24.1 Å². The summed E-state index contributed by atoms with van der Waals surface area (Å²) in [5, 5.41) is 7.04. The summed E-state index contributed by atoms with van der Waals surface area (Å²) in [4.78, 5) is 30.5. The number of likely N-dealkylation sites (N-methyl/N-ethyl adjacent to an activating group) is 1. The van der Waals surface area contributed by atoms with Gasteiger partial charge in [0.05, 0.1) is 12.2 Å². The molecule has 0 radical (unpaired) electrons. The summed E-state index contributed by atoms with van der Waals surface area (Å²) in [6, 6.07) is 13.2. The highest BCUT2D eigenvalue weighted by molar-refractivity contribution is 5.97. The highest BCUT2D eigenvalue weighted by atomic mass is 19.1. The maximum atomic E-state index is 13.1. The SMILES string of the molecule is CCc1ccccc1NC(=O)CN(C)C(=O)c1nc(C)n(-c2ccc(F)cc2)n1. The van der Waals surface area contributed by atoms with Gasteiger partial charge in [0.1, 0.15) is 11.6 Å². The van der Waals surface area contributed by atoms with Crippen molar-refractivity contribution in [2.45, 2.75) is 20.3 Å². The van der Waals surface area contributed by atoms with Crippen molar-refractivity contribution in [3.05, 3.63) is 71.6 Å². The van der Waals surface area contributed by atoms with Crippen LogP contribution in [0.25, 0.3) is 5.69 Å². The van der Waals surface area contributed by atoms with E-state index >= 15 is 0 Å². The number of carbonyl (C=O) groups is 2. The van der Waals surface area contributed by atoms with Gasteiger partial charge in [-0.1, -0.05) is 25.1 Å². The number of nitrogens with zero attached hydrogens (tertiary/aromatic N) is 4. The predicted octanol–water partition coefficient (Wildman–Crippen LogP) is 2.99. The van der Waals surface area contributed by atoms with Crippen LogP contribution in [-0.2, 0) is 11.2 Å². The van der Waals surface area contributed by atoms with Crippen LogP contribution in [0, 0.1) is 12.7 Å². The summed E-state index contributed by atoms with van der Waals surface area (Å²) in [6.07, 6.45) is 0.787. The molecule has 2 aromatic carbocycles. The van der Waals surface area contributed by atoms with Crippen LogP contribution in [-0.4, -0.2) is 45.1 Å². The molecule has 3 aromatic rings. The van der Waals surface area contributed by atoms with Gasteiger partial charge in [-0.3, -0.25) is 9.59 Å². The Morgan fingerprint density at radius 2 is 1.83 bits per heavy atom. The molecule has 0 fully saturated rings. The molecule has 0 aliphatic carbocycles. The van der Waals surface area contributed by atoms with Crippen LogP contribution in [0.5, 0.6) is 0 Å². The highest BCUT2D eigenvalue weighted by Gasteiger charge is 2.21. The molecule has 0 aliphatic rings. The summed E-state index contributed by atoms with van der Waals surface area (Å²) in [6.45, 7) is 3.56. The lowest BCUT2D eigenvalue weighted by Crippen LogP contribution is -2.35. The summed E-state index contributed by atoms with van der Waals surface area (Å²) >= 11 is 0. The smallest absolute Gasteiger partial charge is 0.293 e. The molecule has 2 amide bonds. The van der Waals surface area contributed by atoms with Crippen molar-refractivity contribution in [1.29, 1.82) is 0 Å². The molecule has 1 heterocycles. The van der Waals surface area contributed by atoms with Gasteiger partial charge < -0.3 is 10.2 Å². The molecular formula is C21H22FN5O2. The van der Waals surface area contributed by atoms with Crippen molar-refractivity contribution >= 4 is 17.5 Å². The molecule has 0 bridgehead atoms. The minimum absolute atomic E-state index is 0.0314. The Kier molecular flexibility index (Phi) is 6.01. The first-order valence-electron chi connectivity index (χ1n) is 9.22. The number of amides is 2. The first-order valence-corrected chi connectivity index (χ1v) is 9.22. The lowest BCUT2D eigenvalue weighted by molar-refractivity contribution is -0.116. The van der Waals surface area contributed by atoms with E-state index in [1.807, 2.05) is 31.2 Å². The van der Waals surface area contributed by atoms with Gasteiger partial charge >= 0.3 is 0 Å². The number of anilines is 1. The molecule has 0 spiro atoms. The Morgan fingerprint density at radius 3 is 2.52 bits per heavy atom. The first kappa shape index (κ1) is 20.2. The van der Waals surface area contributed by atoms with E-state index in [1.165, 1.54) is 28.8 Å². The van der Waals surface area contributed by atoms with Gasteiger partial charge in [-0.2, -0.15) is 0 Å². The number of nitrogens with one attached hydrogen (secondary N) is 1.